The molecule has 0 bridgehead atoms. The average Bonchev–Trinajstić information content (AvgIpc) is 2.36. The molecule has 0 amide bonds. The molecule has 20 heavy (non-hydrogen) atoms. The molecule has 0 aliphatic rings. The van der Waals surface area contributed by atoms with E-state index in [1.807, 2.05) is 6.92 Å². The highest BCUT2D eigenvalue weighted by atomic mass is 79.9. The number of esters is 1. The first-order valence-electron chi connectivity index (χ1n) is 5.88. The molecule has 0 saturated carbocycles. The van der Waals surface area contributed by atoms with Gasteiger partial charge in [0.2, 0.25) is 0 Å². The van der Waals surface area contributed by atoms with Gasteiger partial charge in [-0.1, -0.05) is 19.8 Å². The Labute approximate surface area is 129 Å². The lowest BCUT2D eigenvalue weighted by Gasteiger charge is -2.07. The molecule has 1 aromatic rings. The minimum Gasteiger partial charge on any atom is -0.462 e. The lowest BCUT2D eigenvalue weighted by molar-refractivity contribution is 0.0497. The van der Waals surface area contributed by atoms with Crippen LogP contribution in [0, 0.1) is 5.82 Å². The van der Waals surface area contributed by atoms with Crippen LogP contribution in [0.2, 0.25) is 0 Å². The standard InChI is InChI=1S/C12H13BrClFO4S/c1-2-3-4-5-19-12(16)8-6-9(15)11(13)10(7-8)20(14,17)18/h6-7H,2-5H2,1H3. The molecule has 0 aliphatic carbocycles. The van der Waals surface area contributed by atoms with Gasteiger partial charge in [-0.3, -0.25) is 0 Å². The summed E-state index contributed by atoms with van der Waals surface area (Å²) in [4.78, 5) is 11.2. The fraction of sp³-hybridized carbons (Fsp3) is 0.417. The van der Waals surface area contributed by atoms with Crippen molar-refractivity contribution in [2.45, 2.75) is 31.1 Å². The number of unbranched alkanes of at least 4 members (excludes halogenated alkanes) is 2. The van der Waals surface area contributed by atoms with Crippen LogP contribution in [0.1, 0.15) is 36.5 Å². The Bertz CT molecular complexity index is 604. The van der Waals surface area contributed by atoms with Gasteiger partial charge < -0.3 is 4.74 Å². The SMILES string of the molecule is CCCCCOC(=O)c1cc(F)c(Br)c(S(=O)(=O)Cl)c1. The maximum absolute atomic E-state index is 13.6. The van der Waals surface area contributed by atoms with Crippen LogP contribution >= 0.6 is 26.6 Å². The first kappa shape index (κ1) is 17.4. The van der Waals surface area contributed by atoms with Crippen LogP contribution < -0.4 is 0 Å². The second kappa shape index (κ2) is 7.38. The minimum atomic E-state index is -4.16. The Morgan fingerprint density at radius 2 is 2.05 bits per heavy atom. The van der Waals surface area contributed by atoms with Gasteiger partial charge in [-0.25, -0.2) is 17.6 Å². The Balaban J connectivity index is 2.97. The summed E-state index contributed by atoms with van der Waals surface area (Å²) in [6.45, 7) is 2.21. The highest BCUT2D eigenvalue weighted by Crippen LogP contribution is 2.29. The van der Waals surface area contributed by atoms with Crippen LogP contribution in [0.3, 0.4) is 0 Å². The fourth-order valence-corrected chi connectivity index (χ4v) is 3.55. The van der Waals surface area contributed by atoms with E-state index >= 15 is 0 Å². The third-order valence-electron chi connectivity index (χ3n) is 2.47. The molecular weight excluding hydrogens is 375 g/mol. The Morgan fingerprint density at radius 1 is 1.40 bits per heavy atom. The number of rotatable bonds is 6. The Hall–Kier alpha value is -0.660. The smallest absolute Gasteiger partial charge is 0.338 e. The molecular formula is C12H13BrClFO4S. The maximum atomic E-state index is 13.6. The summed E-state index contributed by atoms with van der Waals surface area (Å²) < 4.78 is 40.8. The summed E-state index contributed by atoms with van der Waals surface area (Å²) in [5, 5.41) is 0. The molecule has 8 heteroatoms. The van der Waals surface area contributed by atoms with Crippen molar-refractivity contribution in [2.75, 3.05) is 6.61 Å². The number of hydrogen-bond donors (Lipinski definition) is 0. The number of hydrogen-bond acceptors (Lipinski definition) is 4. The van der Waals surface area contributed by atoms with E-state index in [0.717, 1.165) is 25.0 Å². The molecule has 1 rings (SSSR count). The van der Waals surface area contributed by atoms with Crippen LogP contribution in [0.15, 0.2) is 21.5 Å². The number of benzene rings is 1. The predicted molar refractivity (Wildman–Crippen MR) is 76.9 cm³/mol. The maximum Gasteiger partial charge on any atom is 0.338 e. The quantitative estimate of drug-likeness (QED) is 0.422. The van der Waals surface area contributed by atoms with Gasteiger partial charge in [0.15, 0.2) is 0 Å². The Kier molecular flexibility index (Phi) is 6.42. The molecule has 112 valence electrons. The zero-order chi connectivity index (χ0) is 15.3. The van der Waals surface area contributed by atoms with E-state index in [-0.39, 0.29) is 16.6 Å². The molecule has 0 aliphatic heterocycles. The van der Waals surface area contributed by atoms with E-state index in [1.54, 1.807) is 0 Å². The van der Waals surface area contributed by atoms with Crippen LogP contribution in [0.25, 0.3) is 0 Å². The molecule has 0 unspecified atom stereocenters. The lowest BCUT2D eigenvalue weighted by Crippen LogP contribution is -2.08. The molecule has 0 fully saturated rings. The lowest BCUT2D eigenvalue weighted by atomic mass is 10.2. The zero-order valence-electron chi connectivity index (χ0n) is 10.7. The summed E-state index contributed by atoms with van der Waals surface area (Å²) in [6.07, 6.45) is 2.57. The van der Waals surface area contributed by atoms with Gasteiger partial charge in [-0.2, -0.15) is 0 Å². The normalized spacial score (nSPS) is 11.4. The molecule has 0 spiro atoms. The van der Waals surface area contributed by atoms with Gasteiger partial charge in [0.05, 0.1) is 16.6 Å². The van der Waals surface area contributed by atoms with Crippen molar-refractivity contribution in [3.8, 4) is 0 Å². The van der Waals surface area contributed by atoms with Gasteiger partial charge in [-0.15, -0.1) is 0 Å². The molecule has 0 heterocycles. The number of carbonyl (C=O) groups excluding carboxylic acids is 1. The largest absolute Gasteiger partial charge is 0.462 e. The molecule has 0 radical (unpaired) electrons. The summed E-state index contributed by atoms with van der Waals surface area (Å²) in [5.41, 5.74) is -0.193. The van der Waals surface area contributed by atoms with Gasteiger partial charge in [0, 0.05) is 10.7 Å². The molecule has 1 aromatic carbocycles. The van der Waals surface area contributed by atoms with Crippen LogP contribution in [-0.2, 0) is 13.8 Å². The minimum absolute atomic E-state index is 0.193. The van der Waals surface area contributed by atoms with Crippen molar-refractivity contribution in [1.29, 1.82) is 0 Å². The summed E-state index contributed by atoms with van der Waals surface area (Å²) >= 11 is 2.78. The predicted octanol–water partition coefficient (Wildman–Crippen LogP) is 3.86. The average molecular weight is 388 g/mol. The fourth-order valence-electron chi connectivity index (χ4n) is 1.46. The van der Waals surface area contributed by atoms with Gasteiger partial charge in [0.1, 0.15) is 10.7 Å². The summed E-state index contributed by atoms with van der Waals surface area (Å²) in [7, 11) is 1.02. The molecule has 0 aromatic heterocycles. The summed E-state index contributed by atoms with van der Waals surface area (Å²) in [5.74, 6) is -1.68. The molecule has 0 N–H and O–H groups in total. The highest BCUT2D eigenvalue weighted by molar-refractivity contribution is 9.10. The van der Waals surface area contributed by atoms with Crippen molar-refractivity contribution >= 4 is 41.6 Å². The third kappa shape index (κ3) is 4.71. The van der Waals surface area contributed by atoms with E-state index in [0.29, 0.717) is 6.42 Å². The van der Waals surface area contributed by atoms with Crippen LogP contribution in [0.5, 0.6) is 0 Å². The van der Waals surface area contributed by atoms with Crippen LogP contribution in [0.4, 0.5) is 4.39 Å². The first-order valence-corrected chi connectivity index (χ1v) is 8.98. The number of ether oxygens (including phenoxy) is 1. The van der Waals surface area contributed by atoms with Crippen LogP contribution in [-0.4, -0.2) is 21.0 Å². The first-order chi connectivity index (χ1) is 9.27. The van der Waals surface area contributed by atoms with Crippen molar-refractivity contribution in [2.24, 2.45) is 0 Å². The van der Waals surface area contributed by atoms with E-state index < -0.39 is 25.7 Å². The zero-order valence-corrected chi connectivity index (χ0v) is 13.8. The van der Waals surface area contributed by atoms with E-state index in [1.165, 1.54) is 0 Å². The van der Waals surface area contributed by atoms with Crippen molar-refractivity contribution in [1.82, 2.24) is 0 Å². The van der Waals surface area contributed by atoms with Crippen molar-refractivity contribution in [3.63, 3.8) is 0 Å². The van der Waals surface area contributed by atoms with E-state index in [9.17, 15) is 17.6 Å². The van der Waals surface area contributed by atoms with E-state index in [2.05, 4.69) is 15.9 Å². The molecule has 0 atom stereocenters. The summed E-state index contributed by atoms with van der Waals surface area (Å²) in [6, 6.07) is 1.88. The Morgan fingerprint density at radius 3 is 2.60 bits per heavy atom. The van der Waals surface area contributed by atoms with Crippen molar-refractivity contribution in [3.05, 3.63) is 28.0 Å². The second-order valence-electron chi connectivity index (χ2n) is 4.05. The highest BCUT2D eigenvalue weighted by Gasteiger charge is 2.21. The van der Waals surface area contributed by atoms with Gasteiger partial charge in [0.25, 0.3) is 9.05 Å². The van der Waals surface area contributed by atoms with E-state index in [4.69, 9.17) is 15.4 Å². The van der Waals surface area contributed by atoms with Crippen molar-refractivity contribution < 1.29 is 22.3 Å². The number of halogens is 3. The monoisotopic (exact) mass is 386 g/mol. The number of carbonyl (C=O) groups is 1. The molecule has 4 nitrogen and oxygen atoms in total. The molecule has 0 saturated heterocycles. The second-order valence-corrected chi connectivity index (χ2v) is 7.38. The third-order valence-corrected chi connectivity index (χ3v) is 4.89. The topological polar surface area (TPSA) is 60.4 Å². The van der Waals surface area contributed by atoms with Gasteiger partial charge in [-0.05, 0) is 34.5 Å². The van der Waals surface area contributed by atoms with Gasteiger partial charge >= 0.3 is 5.97 Å².